The van der Waals surface area contributed by atoms with Crippen LogP contribution in [0, 0.1) is 23.7 Å². The second-order valence-corrected chi connectivity index (χ2v) is 11.2. The van der Waals surface area contributed by atoms with Crippen molar-refractivity contribution in [3.8, 4) is 0 Å². The molecule has 3 nitrogen and oxygen atoms in total. The fourth-order valence-electron chi connectivity index (χ4n) is 6.25. The molecule has 0 spiro atoms. The Morgan fingerprint density at radius 3 is 1.09 bits per heavy atom. The van der Waals surface area contributed by atoms with Gasteiger partial charge in [0.25, 0.3) is 0 Å². The molecule has 4 rings (SSSR count). The number of rotatable bonds is 10. The fourth-order valence-corrected chi connectivity index (χ4v) is 6.25. The van der Waals surface area contributed by atoms with Crippen LogP contribution in [0.15, 0.2) is 60.7 Å². The molecule has 0 amide bonds. The van der Waals surface area contributed by atoms with Crippen molar-refractivity contribution in [3.05, 3.63) is 71.8 Å². The van der Waals surface area contributed by atoms with E-state index in [1.165, 1.54) is 11.1 Å². The van der Waals surface area contributed by atoms with E-state index in [1.54, 1.807) is 0 Å². The van der Waals surface area contributed by atoms with Crippen molar-refractivity contribution in [1.29, 1.82) is 0 Å². The predicted octanol–water partition coefficient (Wildman–Crippen LogP) is 7.38. The van der Waals surface area contributed by atoms with Gasteiger partial charge in [0.05, 0.1) is 0 Å². The quantitative estimate of drug-likeness (QED) is 0.354. The lowest BCUT2D eigenvalue weighted by Crippen LogP contribution is -2.35. The topological polar surface area (TPSA) is 34.3 Å². The summed E-state index contributed by atoms with van der Waals surface area (Å²) in [7, 11) is 0. The molecular formula is C30H42O3. The molecule has 2 aromatic rings. The van der Waals surface area contributed by atoms with Gasteiger partial charge < -0.3 is 14.2 Å². The van der Waals surface area contributed by atoms with Crippen molar-refractivity contribution in [2.75, 3.05) is 0 Å². The first-order chi connectivity index (χ1) is 15.7. The molecule has 0 radical (unpaired) electrons. The molecule has 3 heteroatoms. The summed E-state index contributed by atoms with van der Waals surface area (Å²) in [6.45, 7) is 18.1. The van der Waals surface area contributed by atoms with Gasteiger partial charge in [-0.05, 0) is 34.8 Å². The first kappa shape index (κ1) is 24.4. The van der Waals surface area contributed by atoms with E-state index >= 15 is 0 Å². The molecule has 2 aliphatic rings. The van der Waals surface area contributed by atoms with E-state index in [4.69, 9.17) is 14.2 Å². The summed E-state index contributed by atoms with van der Waals surface area (Å²) in [6, 6.07) is 21.2. The molecule has 2 aliphatic heterocycles. The SMILES string of the molecule is CC(C)C1(C(C)C)OC1C(OC(c1ccccc1)C1OC1(C(C)C)C(C)C)c1ccccc1. The maximum absolute atomic E-state index is 7.13. The molecular weight excluding hydrogens is 408 g/mol. The van der Waals surface area contributed by atoms with Crippen molar-refractivity contribution in [1.82, 2.24) is 0 Å². The Balaban J connectivity index is 1.72. The number of benzene rings is 2. The highest BCUT2D eigenvalue weighted by Crippen LogP contribution is 2.59. The van der Waals surface area contributed by atoms with Crippen molar-refractivity contribution in [3.63, 3.8) is 0 Å². The van der Waals surface area contributed by atoms with Gasteiger partial charge in [-0.2, -0.15) is 0 Å². The number of hydrogen-bond acceptors (Lipinski definition) is 3. The highest BCUT2D eigenvalue weighted by Gasteiger charge is 2.67. The third-order valence-electron chi connectivity index (χ3n) is 8.15. The molecule has 180 valence electrons. The third-order valence-corrected chi connectivity index (χ3v) is 8.15. The van der Waals surface area contributed by atoms with Gasteiger partial charge in [0.15, 0.2) is 0 Å². The molecule has 2 saturated heterocycles. The third kappa shape index (κ3) is 4.17. The lowest BCUT2D eigenvalue weighted by Gasteiger charge is -2.29. The number of hydrogen-bond donors (Lipinski definition) is 0. The molecule has 2 fully saturated rings. The van der Waals surface area contributed by atoms with E-state index in [2.05, 4.69) is 116 Å². The normalized spacial score (nSPS) is 25.0. The van der Waals surface area contributed by atoms with Gasteiger partial charge in [0.1, 0.15) is 35.6 Å². The van der Waals surface area contributed by atoms with Gasteiger partial charge in [-0.1, -0.05) is 116 Å². The van der Waals surface area contributed by atoms with Gasteiger partial charge in [0, 0.05) is 0 Å². The zero-order chi connectivity index (χ0) is 24.0. The summed E-state index contributed by atoms with van der Waals surface area (Å²) < 4.78 is 20.3. The van der Waals surface area contributed by atoms with Crippen LogP contribution < -0.4 is 0 Å². The standard InChI is InChI=1S/C30H42O3/c1-19(2)29(20(3)4)27(32-29)25(23-15-11-9-12-16-23)31-26(24-17-13-10-14-18-24)28-30(33-28,21(5)6)22(7)8/h9-22,25-28H,1-8H3. The first-order valence-corrected chi connectivity index (χ1v) is 12.8. The van der Waals surface area contributed by atoms with Crippen molar-refractivity contribution in [2.45, 2.75) is 91.0 Å². The molecule has 4 atom stereocenters. The second-order valence-electron chi connectivity index (χ2n) is 11.2. The van der Waals surface area contributed by atoms with Crippen LogP contribution in [0.5, 0.6) is 0 Å². The molecule has 2 heterocycles. The Morgan fingerprint density at radius 2 is 0.848 bits per heavy atom. The van der Waals surface area contributed by atoms with Crippen LogP contribution in [0.25, 0.3) is 0 Å². The van der Waals surface area contributed by atoms with Gasteiger partial charge in [0.2, 0.25) is 0 Å². The zero-order valence-electron chi connectivity index (χ0n) is 21.6. The zero-order valence-corrected chi connectivity index (χ0v) is 21.6. The molecule has 2 aromatic carbocycles. The fraction of sp³-hybridized carbons (Fsp3) is 0.600. The van der Waals surface area contributed by atoms with E-state index in [-0.39, 0.29) is 35.6 Å². The monoisotopic (exact) mass is 450 g/mol. The van der Waals surface area contributed by atoms with Gasteiger partial charge in [-0.25, -0.2) is 0 Å². The maximum atomic E-state index is 7.13. The summed E-state index contributed by atoms with van der Waals surface area (Å²) in [6.07, 6.45) is -0.250. The second kappa shape index (κ2) is 9.17. The van der Waals surface area contributed by atoms with E-state index in [0.29, 0.717) is 23.7 Å². The lowest BCUT2D eigenvalue weighted by molar-refractivity contribution is -0.0429. The molecule has 4 unspecified atom stereocenters. The van der Waals surface area contributed by atoms with Crippen molar-refractivity contribution >= 4 is 0 Å². The highest BCUT2D eigenvalue weighted by molar-refractivity contribution is 5.28. The Hall–Kier alpha value is -1.68. The smallest absolute Gasteiger partial charge is 0.118 e. The minimum atomic E-state index is -0.167. The Morgan fingerprint density at radius 1 is 0.545 bits per heavy atom. The van der Waals surface area contributed by atoms with Gasteiger partial charge in [-0.15, -0.1) is 0 Å². The molecule has 0 N–H and O–H groups in total. The summed E-state index contributed by atoms with van der Waals surface area (Å²) in [5.41, 5.74) is 2.01. The average Bonchev–Trinajstić information content (AvgIpc) is 3.69. The van der Waals surface area contributed by atoms with Crippen molar-refractivity contribution < 1.29 is 14.2 Å². The van der Waals surface area contributed by atoms with Gasteiger partial charge >= 0.3 is 0 Å². The van der Waals surface area contributed by atoms with Crippen LogP contribution in [-0.2, 0) is 14.2 Å². The average molecular weight is 451 g/mol. The summed E-state index contributed by atoms with van der Waals surface area (Å²) in [5.74, 6) is 1.65. The first-order valence-electron chi connectivity index (χ1n) is 12.8. The van der Waals surface area contributed by atoms with Gasteiger partial charge in [-0.3, -0.25) is 0 Å². The number of epoxide rings is 2. The van der Waals surface area contributed by atoms with Crippen LogP contribution in [0.1, 0.15) is 78.7 Å². The van der Waals surface area contributed by atoms with Crippen LogP contribution in [-0.4, -0.2) is 23.4 Å². The Labute approximate surface area is 200 Å². The minimum Gasteiger partial charge on any atom is -0.362 e. The van der Waals surface area contributed by atoms with Crippen LogP contribution in [0.3, 0.4) is 0 Å². The van der Waals surface area contributed by atoms with Crippen LogP contribution >= 0.6 is 0 Å². The number of ether oxygens (including phenoxy) is 3. The Bertz CT molecular complexity index is 811. The van der Waals surface area contributed by atoms with Crippen LogP contribution in [0.2, 0.25) is 0 Å². The van der Waals surface area contributed by atoms with E-state index in [1.807, 2.05) is 0 Å². The van der Waals surface area contributed by atoms with E-state index in [9.17, 15) is 0 Å². The highest BCUT2D eigenvalue weighted by atomic mass is 16.7. The molecule has 33 heavy (non-hydrogen) atoms. The maximum Gasteiger partial charge on any atom is 0.118 e. The molecule has 0 aromatic heterocycles. The predicted molar refractivity (Wildman–Crippen MR) is 134 cm³/mol. The molecule has 0 aliphatic carbocycles. The van der Waals surface area contributed by atoms with E-state index in [0.717, 1.165) is 0 Å². The summed E-state index contributed by atoms with van der Waals surface area (Å²) in [5, 5.41) is 0. The minimum absolute atomic E-state index is 0.0253. The van der Waals surface area contributed by atoms with E-state index < -0.39 is 0 Å². The summed E-state index contributed by atoms with van der Waals surface area (Å²) in [4.78, 5) is 0. The van der Waals surface area contributed by atoms with Crippen LogP contribution in [0.4, 0.5) is 0 Å². The van der Waals surface area contributed by atoms with Crippen molar-refractivity contribution in [2.24, 2.45) is 23.7 Å². The molecule has 0 saturated carbocycles. The lowest BCUT2D eigenvalue weighted by atomic mass is 9.79. The summed E-state index contributed by atoms with van der Waals surface area (Å²) >= 11 is 0. The molecule has 0 bridgehead atoms. The largest absolute Gasteiger partial charge is 0.362 e. The Kier molecular flexibility index (Phi) is 6.79.